The molecule has 8 nitrogen and oxygen atoms in total. The van der Waals surface area contributed by atoms with E-state index in [9.17, 15) is 19.5 Å². The fourth-order valence-corrected chi connectivity index (χ4v) is 6.74. The maximum absolute atomic E-state index is 14.3. The molecule has 1 spiro atoms. The Labute approximate surface area is 218 Å². The van der Waals surface area contributed by atoms with Crippen molar-refractivity contribution in [2.24, 2.45) is 11.8 Å². The van der Waals surface area contributed by atoms with Gasteiger partial charge in [0.1, 0.15) is 11.6 Å². The van der Waals surface area contributed by atoms with Gasteiger partial charge in [0.15, 0.2) is 0 Å². The van der Waals surface area contributed by atoms with Crippen LogP contribution in [0.3, 0.4) is 0 Å². The average molecular weight is 508 g/mol. The Kier molecular flexibility index (Phi) is 6.52. The molecular formula is C29H37N3O5. The van der Waals surface area contributed by atoms with Crippen molar-refractivity contribution in [2.75, 3.05) is 19.7 Å². The van der Waals surface area contributed by atoms with E-state index in [1.807, 2.05) is 75.4 Å². The molecule has 0 saturated carbocycles. The van der Waals surface area contributed by atoms with Crippen molar-refractivity contribution >= 4 is 17.7 Å². The van der Waals surface area contributed by atoms with Crippen LogP contribution in [0.15, 0.2) is 54.6 Å². The van der Waals surface area contributed by atoms with E-state index in [0.717, 1.165) is 5.56 Å². The van der Waals surface area contributed by atoms with Crippen LogP contribution < -0.4 is 0 Å². The van der Waals surface area contributed by atoms with E-state index in [2.05, 4.69) is 0 Å². The third-order valence-electron chi connectivity index (χ3n) is 8.57. The summed E-state index contributed by atoms with van der Waals surface area (Å²) in [6.45, 7) is 8.53. The van der Waals surface area contributed by atoms with Gasteiger partial charge in [0.05, 0.1) is 30.1 Å². The van der Waals surface area contributed by atoms with Crippen LogP contribution in [0.5, 0.6) is 0 Å². The first-order valence-corrected chi connectivity index (χ1v) is 13.3. The van der Waals surface area contributed by atoms with Gasteiger partial charge in [-0.2, -0.15) is 0 Å². The van der Waals surface area contributed by atoms with Crippen LogP contribution in [-0.4, -0.2) is 86.6 Å². The quantitative estimate of drug-likeness (QED) is 0.596. The average Bonchev–Trinajstić information content (AvgIpc) is 3.19. The number of nitrogens with zero attached hydrogens (tertiary/aromatic N) is 3. The second-order valence-corrected chi connectivity index (χ2v) is 11.0. The smallest absolute Gasteiger partial charge is 0.249 e. The Morgan fingerprint density at radius 1 is 0.973 bits per heavy atom. The van der Waals surface area contributed by atoms with E-state index in [-0.39, 0.29) is 30.4 Å². The van der Waals surface area contributed by atoms with Crippen molar-refractivity contribution in [3.05, 3.63) is 60.2 Å². The number of aliphatic hydroxyl groups is 1. The molecule has 198 valence electrons. The van der Waals surface area contributed by atoms with Gasteiger partial charge in [-0.15, -0.1) is 0 Å². The number of benzene rings is 1. The first kappa shape index (κ1) is 25.7. The highest BCUT2D eigenvalue weighted by Gasteiger charge is 2.75. The van der Waals surface area contributed by atoms with Crippen molar-refractivity contribution in [1.82, 2.24) is 14.7 Å². The molecule has 2 fully saturated rings. The molecule has 1 aromatic carbocycles. The van der Waals surface area contributed by atoms with E-state index < -0.39 is 35.1 Å². The predicted octanol–water partition coefficient (Wildman–Crippen LogP) is 2.13. The molecule has 0 bridgehead atoms. The molecule has 4 aliphatic heterocycles. The lowest BCUT2D eigenvalue weighted by atomic mass is 9.73. The van der Waals surface area contributed by atoms with Gasteiger partial charge in [0.25, 0.3) is 0 Å². The Hall–Kier alpha value is -2.97. The van der Waals surface area contributed by atoms with Gasteiger partial charge in [-0.1, -0.05) is 61.6 Å². The van der Waals surface area contributed by atoms with E-state index in [4.69, 9.17) is 4.74 Å². The Balaban J connectivity index is 1.64. The molecule has 0 aliphatic carbocycles. The van der Waals surface area contributed by atoms with Gasteiger partial charge in [0.2, 0.25) is 17.7 Å². The molecular weight excluding hydrogens is 470 g/mol. The molecule has 4 aliphatic rings. The van der Waals surface area contributed by atoms with Crippen molar-refractivity contribution < 1.29 is 24.2 Å². The molecule has 37 heavy (non-hydrogen) atoms. The Morgan fingerprint density at radius 2 is 1.68 bits per heavy atom. The highest BCUT2D eigenvalue weighted by molar-refractivity contribution is 6.00. The lowest BCUT2D eigenvalue weighted by Crippen LogP contribution is -2.59. The molecule has 4 heterocycles. The molecule has 0 aromatic heterocycles. The number of aliphatic hydroxyl groups excluding tert-OH is 1. The molecule has 5 rings (SSSR count). The molecule has 6 atom stereocenters. The van der Waals surface area contributed by atoms with E-state index in [1.54, 1.807) is 16.7 Å². The largest absolute Gasteiger partial charge is 0.394 e. The molecule has 1 aromatic rings. The van der Waals surface area contributed by atoms with E-state index in [0.29, 0.717) is 26.1 Å². The fraction of sp³-hybridized carbons (Fsp3) is 0.552. The summed E-state index contributed by atoms with van der Waals surface area (Å²) in [6, 6.07) is 8.16. The number of carbonyl (C=O) groups excluding carboxylic acids is 3. The second kappa shape index (κ2) is 9.40. The van der Waals surface area contributed by atoms with Crippen LogP contribution in [0, 0.1) is 11.8 Å². The molecule has 3 amide bonds. The molecule has 1 N–H and O–H groups in total. The molecule has 0 radical (unpaired) electrons. The Morgan fingerprint density at radius 3 is 2.32 bits per heavy atom. The molecule has 1 unspecified atom stereocenters. The maximum Gasteiger partial charge on any atom is 0.249 e. The second-order valence-electron chi connectivity index (χ2n) is 11.0. The maximum atomic E-state index is 14.3. The predicted molar refractivity (Wildman–Crippen MR) is 138 cm³/mol. The number of hydrogen-bond acceptors (Lipinski definition) is 5. The lowest BCUT2D eigenvalue weighted by molar-refractivity contribution is -0.157. The van der Waals surface area contributed by atoms with Gasteiger partial charge < -0.3 is 24.5 Å². The van der Waals surface area contributed by atoms with Crippen molar-refractivity contribution in [3.63, 3.8) is 0 Å². The van der Waals surface area contributed by atoms with Crippen LogP contribution in [0.4, 0.5) is 0 Å². The van der Waals surface area contributed by atoms with Crippen LogP contribution in [0.2, 0.25) is 0 Å². The Bertz CT molecular complexity index is 1130. The molecule has 2 saturated heterocycles. The number of amides is 3. The van der Waals surface area contributed by atoms with Crippen LogP contribution >= 0.6 is 0 Å². The topological polar surface area (TPSA) is 90.4 Å². The summed E-state index contributed by atoms with van der Waals surface area (Å²) in [7, 11) is 0. The van der Waals surface area contributed by atoms with Gasteiger partial charge in [-0.25, -0.2) is 0 Å². The van der Waals surface area contributed by atoms with Crippen molar-refractivity contribution in [2.45, 2.75) is 70.0 Å². The third-order valence-corrected chi connectivity index (χ3v) is 8.57. The van der Waals surface area contributed by atoms with Crippen LogP contribution in [0.25, 0.3) is 0 Å². The van der Waals surface area contributed by atoms with Gasteiger partial charge in [-0.05, 0) is 32.8 Å². The number of ether oxygens (including phenoxy) is 1. The van der Waals surface area contributed by atoms with Gasteiger partial charge in [-0.3, -0.25) is 14.4 Å². The summed E-state index contributed by atoms with van der Waals surface area (Å²) in [5.41, 5.74) is -1.30. The minimum Gasteiger partial charge on any atom is -0.394 e. The fourth-order valence-electron chi connectivity index (χ4n) is 6.74. The lowest BCUT2D eigenvalue weighted by Gasteiger charge is -2.40. The number of fused-ring (bicyclic) bond motifs is 2. The summed E-state index contributed by atoms with van der Waals surface area (Å²) >= 11 is 0. The molecule has 8 heteroatoms. The summed E-state index contributed by atoms with van der Waals surface area (Å²) in [4.78, 5) is 47.6. The number of rotatable bonds is 6. The summed E-state index contributed by atoms with van der Waals surface area (Å²) < 4.78 is 6.93. The minimum absolute atomic E-state index is 0.0809. The zero-order valence-electron chi connectivity index (χ0n) is 22.0. The number of likely N-dealkylation sites (tertiary alicyclic amines) is 1. The monoisotopic (exact) mass is 507 g/mol. The van der Waals surface area contributed by atoms with Crippen LogP contribution in [0.1, 0.15) is 39.7 Å². The first-order chi connectivity index (χ1) is 17.7. The number of hydrogen-bond donors (Lipinski definition) is 1. The highest BCUT2D eigenvalue weighted by atomic mass is 16.5. The number of carbonyl (C=O) groups is 3. The third kappa shape index (κ3) is 3.76. The highest BCUT2D eigenvalue weighted by Crippen LogP contribution is 2.59. The summed E-state index contributed by atoms with van der Waals surface area (Å²) in [5, 5.41) is 10.1. The van der Waals surface area contributed by atoms with Gasteiger partial charge in [0, 0.05) is 25.7 Å². The summed E-state index contributed by atoms with van der Waals surface area (Å²) in [5.74, 6) is -2.31. The van der Waals surface area contributed by atoms with Gasteiger partial charge >= 0.3 is 0 Å². The van der Waals surface area contributed by atoms with E-state index in [1.165, 1.54) is 4.90 Å². The summed E-state index contributed by atoms with van der Waals surface area (Å²) in [6.07, 6.45) is 8.15. The standard InChI is InChI=1S/C29H37N3O5/c1-5-28-13-9-15-30(17-21-11-7-6-8-12-21)25(34)22(28)23-26(35)32(20(4)18-33)24-27(36)31(19(2)3)16-10-14-29(23,24)37-28/h6-14,19-20,22-24,33H,5,15-18H2,1-4H3/t20-,22-,23+,24?,28+,29+/m1/s1. The zero-order chi connectivity index (χ0) is 26.5. The minimum atomic E-state index is -1.29. The van der Waals surface area contributed by atoms with Crippen molar-refractivity contribution in [1.29, 1.82) is 0 Å². The van der Waals surface area contributed by atoms with E-state index >= 15 is 0 Å². The first-order valence-electron chi connectivity index (χ1n) is 13.3. The zero-order valence-corrected chi connectivity index (χ0v) is 22.0. The van der Waals surface area contributed by atoms with Crippen molar-refractivity contribution in [3.8, 4) is 0 Å². The normalized spacial score (nSPS) is 33.9. The van der Waals surface area contributed by atoms with Crippen LogP contribution in [-0.2, 0) is 25.7 Å². The SMILES string of the molecule is CC[C@]12C=CCN(Cc3ccccc3)C(=O)[C@H]1[C@H]1C(=O)N([C@H](C)CO)C3C(=O)N(C(C)C)CC=C[C@@]31O2.